The normalized spacial score (nSPS) is 24.2. The van der Waals surface area contributed by atoms with E-state index in [1.807, 2.05) is 24.4 Å². The monoisotopic (exact) mass is 354 g/mol. The predicted octanol–water partition coefficient (Wildman–Crippen LogP) is 1.72. The molecule has 2 saturated heterocycles. The van der Waals surface area contributed by atoms with Gasteiger partial charge in [-0.3, -0.25) is 4.90 Å². The van der Waals surface area contributed by atoms with Gasteiger partial charge in [0.25, 0.3) is 0 Å². The Morgan fingerprint density at radius 2 is 1.88 bits per heavy atom. The maximum atomic E-state index is 11.1. The average molecular weight is 354 g/mol. The molecule has 26 heavy (non-hydrogen) atoms. The first-order chi connectivity index (χ1) is 12.6. The van der Waals surface area contributed by atoms with Gasteiger partial charge in [0.15, 0.2) is 0 Å². The lowest BCUT2D eigenvalue weighted by molar-refractivity contribution is 0.0451. The third-order valence-corrected chi connectivity index (χ3v) is 5.30. The van der Waals surface area contributed by atoms with E-state index in [0.717, 1.165) is 63.0 Å². The van der Waals surface area contributed by atoms with Crippen molar-refractivity contribution in [3.05, 3.63) is 53.3 Å². The van der Waals surface area contributed by atoms with Crippen molar-refractivity contribution in [3.8, 4) is 0 Å². The summed E-state index contributed by atoms with van der Waals surface area (Å²) in [6.07, 6.45) is 2.58. The molecule has 0 amide bonds. The van der Waals surface area contributed by atoms with Gasteiger partial charge >= 0.3 is 0 Å². The number of aryl methyl sites for hydroxylation is 1. The molecule has 2 aliphatic rings. The minimum Gasteiger partial charge on any atom is -0.384 e. The first-order valence-electron chi connectivity index (χ1n) is 9.29. The number of nitrogens with zero attached hydrogens (tertiary/aromatic N) is 4. The highest BCUT2D eigenvalue weighted by Gasteiger charge is 2.37. The molecular weight excluding hydrogens is 328 g/mol. The van der Waals surface area contributed by atoms with Gasteiger partial charge in [0.1, 0.15) is 5.60 Å². The number of benzene rings is 1. The molecule has 0 radical (unpaired) electrons. The quantitative estimate of drug-likeness (QED) is 0.902. The fraction of sp³-hybridized carbons (Fsp3) is 0.500. The fourth-order valence-electron chi connectivity index (χ4n) is 3.72. The molecule has 1 aromatic carbocycles. The minimum absolute atomic E-state index is 0.632. The second-order valence-electron chi connectivity index (χ2n) is 7.31. The molecule has 0 bridgehead atoms. The van der Waals surface area contributed by atoms with Crippen LogP contribution < -0.4 is 4.90 Å². The summed E-state index contributed by atoms with van der Waals surface area (Å²) in [5.74, 6) is 0.777. The van der Waals surface area contributed by atoms with Gasteiger partial charge in [-0.2, -0.15) is 0 Å². The number of morpholine rings is 1. The molecule has 1 aromatic heterocycles. The molecule has 2 aromatic rings. The van der Waals surface area contributed by atoms with Gasteiger partial charge in [0.2, 0.25) is 5.95 Å². The van der Waals surface area contributed by atoms with Crippen LogP contribution >= 0.6 is 0 Å². The SMILES string of the molecule is Cc1ccc([C@]2(O)CCN(Cc3ccnc(N4CCOCC4)n3)C2)cc1. The van der Waals surface area contributed by atoms with E-state index in [1.165, 1.54) is 5.56 Å². The molecule has 6 heteroatoms. The van der Waals surface area contributed by atoms with E-state index < -0.39 is 5.60 Å². The number of aliphatic hydroxyl groups is 1. The maximum Gasteiger partial charge on any atom is 0.225 e. The standard InChI is InChI=1S/C20H26N4O2/c1-16-2-4-17(5-3-16)20(25)7-9-23(15-20)14-18-6-8-21-19(22-18)24-10-12-26-13-11-24/h2-6,8,25H,7,9-15H2,1H3/t20-/m0/s1. The second kappa shape index (κ2) is 7.31. The molecule has 0 spiro atoms. The van der Waals surface area contributed by atoms with Gasteiger partial charge in [-0.05, 0) is 25.0 Å². The lowest BCUT2D eigenvalue weighted by Crippen LogP contribution is -2.37. The van der Waals surface area contributed by atoms with Crippen LogP contribution in [-0.2, 0) is 16.9 Å². The van der Waals surface area contributed by atoms with E-state index in [0.29, 0.717) is 6.54 Å². The largest absolute Gasteiger partial charge is 0.384 e. The zero-order valence-electron chi connectivity index (χ0n) is 15.3. The lowest BCUT2D eigenvalue weighted by Gasteiger charge is -2.27. The number of anilines is 1. The molecule has 4 rings (SSSR count). The van der Waals surface area contributed by atoms with E-state index in [-0.39, 0.29) is 0 Å². The van der Waals surface area contributed by atoms with Gasteiger partial charge in [0, 0.05) is 38.9 Å². The number of hydrogen-bond acceptors (Lipinski definition) is 6. The van der Waals surface area contributed by atoms with Crippen LogP contribution in [0.3, 0.4) is 0 Å². The van der Waals surface area contributed by atoms with Crippen molar-refractivity contribution in [2.75, 3.05) is 44.3 Å². The summed E-state index contributed by atoms with van der Waals surface area (Å²) >= 11 is 0. The highest BCUT2D eigenvalue weighted by molar-refractivity contribution is 5.31. The first-order valence-corrected chi connectivity index (χ1v) is 9.29. The topological polar surface area (TPSA) is 61.7 Å². The van der Waals surface area contributed by atoms with E-state index in [9.17, 15) is 5.11 Å². The van der Waals surface area contributed by atoms with Gasteiger partial charge in [0.05, 0.1) is 18.9 Å². The maximum absolute atomic E-state index is 11.1. The Kier molecular flexibility index (Phi) is 4.89. The van der Waals surface area contributed by atoms with Crippen LogP contribution in [-0.4, -0.2) is 59.4 Å². The third-order valence-electron chi connectivity index (χ3n) is 5.30. The number of aromatic nitrogens is 2. The van der Waals surface area contributed by atoms with E-state index >= 15 is 0 Å². The summed E-state index contributed by atoms with van der Waals surface area (Å²) in [5, 5.41) is 11.1. The molecular formula is C20H26N4O2. The molecule has 1 N–H and O–H groups in total. The minimum atomic E-state index is -0.770. The van der Waals surface area contributed by atoms with Crippen molar-refractivity contribution < 1.29 is 9.84 Å². The highest BCUT2D eigenvalue weighted by Crippen LogP contribution is 2.32. The summed E-state index contributed by atoms with van der Waals surface area (Å²) < 4.78 is 5.40. The van der Waals surface area contributed by atoms with Gasteiger partial charge < -0.3 is 14.7 Å². The molecule has 2 fully saturated rings. The summed E-state index contributed by atoms with van der Waals surface area (Å²) in [7, 11) is 0. The number of hydrogen-bond donors (Lipinski definition) is 1. The van der Waals surface area contributed by atoms with Crippen LogP contribution in [0.4, 0.5) is 5.95 Å². The molecule has 1 atom stereocenters. The molecule has 0 saturated carbocycles. The smallest absolute Gasteiger partial charge is 0.225 e. The predicted molar refractivity (Wildman–Crippen MR) is 100 cm³/mol. The van der Waals surface area contributed by atoms with Crippen molar-refractivity contribution in [1.29, 1.82) is 0 Å². The number of rotatable bonds is 4. The zero-order chi connectivity index (χ0) is 18.0. The van der Waals surface area contributed by atoms with Gasteiger partial charge in [-0.25, -0.2) is 9.97 Å². The Morgan fingerprint density at radius 1 is 1.12 bits per heavy atom. The van der Waals surface area contributed by atoms with Crippen molar-refractivity contribution in [2.45, 2.75) is 25.5 Å². The Hall–Kier alpha value is -2.02. The summed E-state index contributed by atoms with van der Waals surface area (Å²) in [4.78, 5) is 13.6. The second-order valence-corrected chi connectivity index (χ2v) is 7.31. The molecule has 0 aliphatic carbocycles. The van der Waals surface area contributed by atoms with Crippen molar-refractivity contribution in [2.24, 2.45) is 0 Å². The van der Waals surface area contributed by atoms with E-state index in [2.05, 4.69) is 33.8 Å². The van der Waals surface area contributed by atoms with Crippen molar-refractivity contribution in [3.63, 3.8) is 0 Å². The van der Waals surface area contributed by atoms with E-state index in [4.69, 9.17) is 9.72 Å². The van der Waals surface area contributed by atoms with Gasteiger partial charge in [-0.1, -0.05) is 29.8 Å². The first kappa shape index (κ1) is 17.4. The Labute approximate surface area is 154 Å². The average Bonchev–Trinajstić information content (AvgIpc) is 3.05. The Bertz CT molecular complexity index is 746. The van der Waals surface area contributed by atoms with E-state index in [1.54, 1.807) is 0 Å². The molecule has 138 valence electrons. The molecule has 6 nitrogen and oxygen atoms in total. The number of β-amino-alcohol motifs (C(OH)–C–C–N with tert-alkyl or cyclic N) is 1. The van der Waals surface area contributed by atoms with Crippen LogP contribution in [0.25, 0.3) is 0 Å². The van der Waals surface area contributed by atoms with Crippen LogP contribution in [0.15, 0.2) is 36.5 Å². The third kappa shape index (κ3) is 3.72. The zero-order valence-corrected chi connectivity index (χ0v) is 15.3. The number of likely N-dealkylation sites (tertiary alicyclic amines) is 1. The fourth-order valence-corrected chi connectivity index (χ4v) is 3.72. The highest BCUT2D eigenvalue weighted by atomic mass is 16.5. The molecule has 0 unspecified atom stereocenters. The van der Waals surface area contributed by atoms with Gasteiger partial charge in [-0.15, -0.1) is 0 Å². The van der Waals surface area contributed by atoms with Crippen molar-refractivity contribution in [1.82, 2.24) is 14.9 Å². The summed E-state index contributed by atoms with van der Waals surface area (Å²) in [5.41, 5.74) is 2.44. The van der Waals surface area contributed by atoms with Crippen LogP contribution in [0.1, 0.15) is 23.2 Å². The van der Waals surface area contributed by atoms with Crippen LogP contribution in [0.2, 0.25) is 0 Å². The van der Waals surface area contributed by atoms with Crippen LogP contribution in [0, 0.1) is 6.92 Å². The summed E-state index contributed by atoms with van der Waals surface area (Å²) in [6, 6.07) is 10.2. The molecule has 2 aliphatic heterocycles. The van der Waals surface area contributed by atoms with Crippen LogP contribution in [0.5, 0.6) is 0 Å². The van der Waals surface area contributed by atoms with Crippen molar-refractivity contribution >= 4 is 5.95 Å². The molecule has 3 heterocycles. The Morgan fingerprint density at radius 3 is 2.65 bits per heavy atom. The number of ether oxygens (including phenoxy) is 1. The Balaban J connectivity index is 1.43. The lowest BCUT2D eigenvalue weighted by atomic mass is 9.92. The summed E-state index contributed by atoms with van der Waals surface area (Å²) in [6.45, 7) is 7.41.